The zero-order chi connectivity index (χ0) is 14.5. The smallest absolute Gasteiger partial charge is 0.197 e. The Morgan fingerprint density at radius 3 is 2.25 bits per heavy atom. The summed E-state index contributed by atoms with van der Waals surface area (Å²) < 4.78 is 5.74. The summed E-state index contributed by atoms with van der Waals surface area (Å²) in [6.45, 7) is 5.98. The lowest BCUT2D eigenvalue weighted by molar-refractivity contribution is 0.103. The van der Waals surface area contributed by atoms with Crippen LogP contribution in [0.4, 0.5) is 0 Å². The van der Waals surface area contributed by atoms with Gasteiger partial charge in [0.25, 0.3) is 0 Å². The second-order valence-corrected chi connectivity index (χ2v) is 5.00. The molecule has 0 atom stereocenters. The third-order valence-corrected chi connectivity index (χ3v) is 3.14. The van der Waals surface area contributed by atoms with E-state index in [-0.39, 0.29) is 11.9 Å². The fraction of sp³-hybridized carbons (Fsp3) is 0.278. The number of carbonyl (C=O) groups is 1. The number of carbonyl (C=O) groups excluding carboxylic acids is 1. The van der Waals surface area contributed by atoms with Crippen LogP contribution in [-0.4, -0.2) is 11.9 Å². The van der Waals surface area contributed by atoms with Crippen molar-refractivity contribution >= 4 is 5.78 Å². The van der Waals surface area contributed by atoms with Crippen LogP contribution in [0, 0.1) is 0 Å². The van der Waals surface area contributed by atoms with Crippen LogP contribution < -0.4 is 4.74 Å². The van der Waals surface area contributed by atoms with Crippen LogP contribution in [0.1, 0.15) is 42.3 Å². The molecule has 2 heteroatoms. The van der Waals surface area contributed by atoms with Crippen LogP contribution in [0.5, 0.6) is 5.75 Å². The third-order valence-electron chi connectivity index (χ3n) is 3.14. The Balaban J connectivity index is 2.43. The van der Waals surface area contributed by atoms with Gasteiger partial charge in [0.2, 0.25) is 0 Å². The number of ether oxygens (including phenoxy) is 1. The molecule has 0 saturated heterocycles. The molecule has 0 spiro atoms. The summed E-state index contributed by atoms with van der Waals surface area (Å²) >= 11 is 0. The lowest BCUT2D eigenvalue weighted by Gasteiger charge is -2.14. The van der Waals surface area contributed by atoms with E-state index >= 15 is 0 Å². The van der Waals surface area contributed by atoms with Gasteiger partial charge in [0.15, 0.2) is 5.78 Å². The summed E-state index contributed by atoms with van der Waals surface area (Å²) in [5.41, 5.74) is 2.45. The molecule has 0 aliphatic rings. The van der Waals surface area contributed by atoms with E-state index in [9.17, 15) is 4.79 Å². The van der Waals surface area contributed by atoms with Gasteiger partial charge in [-0.25, -0.2) is 0 Å². The van der Waals surface area contributed by atoms with Gasteiger partial charge in [0, 0.05) is 5.56 Å². The van der Waals surface area contributed by atoms with Crippen molar-refractivity contribution in [3.63, 3.8) is 0 Å². The molecule has 0 N–H and O–H groups in total. The average molecular weight is 268 g/mol. The summed E-state index contributed by atoms with van der Waals surface area (Å²) in [7, 11) is 0. The van der Waals surface area contributed by atoms with Crippen LogP contribution in [0.15, 0.2) is 48.5 Å². The molecule has 0 radical (unpaired) electrons. The van der Waals surface area contributed by atoms with Gasteiger partial charge < -0.3 is 4.74 Å². The van der Waals surface area contributed by atoms with Gasteiger partial charge in [0.05, 0.1) is 11.7 Å². The Kier molecular flexibility index (Phi) is 4.57. The Bertz CT molecular complexity index is 600. The van der Waals surface area contributed by atoms with E-state index in [1.807, 2.05) is 62.4 Å². The summed E-state index contributed by atoms with van der Waals surface area (Å²) in [4.78, 5) is 12.7. The van der Waals surface area contributed by atoms with Crippen molar-refractivity contribution in [2.75, 3.05) is 0 Å². The number of ketones is 1. The molecule has 20 heavy (non-hydrogen) atoms. The van der Waals surface area contributed by atoms with Gasteiger partial charge in [-0.2, -0.15) is 0 Å². The lowest BCUT2D eigenvalue weighted by atomic mass is 9.96. The maximum Gasteiger partial charge on any atom is 0.197 e. The molecule has 0 heterocycles. The number of hydrogen-bond donors (Lipinski definition) is 0. The van der Waals surface area contributed by atoms with Crippen molar-refractivity contribution < 1.29 is 9.53 Å². The Hall–Kier alpha value is -2.09. The predicted octanol–water partition coefficient (Wildman–Crippen LogP) is 4.27. The number of rotatable bonds is 5. The molecule has 0 saturated carbocycles. The van der Waals surface area contributed by atoms with Crippen LogP contribution in [0.25, 0.3) is 0 Å². The fourth-order valence-electron chi connectivity index (χ4n) is 2.21. The summed E-state index contributed by atoms with van der Waals surface area (Å²) in [5, 5.41) is 0. The summed E-state index contributed by atoms with van der Waals surface area (Å²) in [5.74, 6) is 0.678. The molecular formula is C18H20O2. The minimum Gasteiger partial charge on any atom is -0.490 e. The molecule has 0 unspecified atom stereocenters. The standard InChI is InChI=1S/C18H20O2/c1-4-14-9-5-6-10-15(14)18(19)16-11-7-8-12-17(16)20-13(2)3/h5-13H,4H2,1-3H3. The normalized spacial score (nSPS) is 10.6. The number of hydrogen-bond acceptors (Lipinski definition) is 2. The molecule has 2 aromatic rings. The van der Waals surface area contributed by atoms with E-state index in [0.717, 1.165) is 17.5 Å². The molecule has 0 amide bonds. The van der Waals surface area contributed by atoms with E-state index in [2.05, 4.69) is 6.92 Å². The topological polar surface area (TPSA) is 26.3 Å². The molecule has 0 fully saturated rings. The highest BCUT2D eigenvalue weighted by Crippen LogP contribution is 2.24. The third kappa shape index (κ3) is 3.08. The average Bonchev–Trinajstić information content (AvgIpc) is 2.46. The highest BCUT2D eigenvalue weighted by Gasteiger charge is 2.17. The van der Waals surface area contributed by atoms with Gasteiger partial charge in [-0.1, -0.05) is 43.3 Å². The zero-order valence-corrected chi connectivity index (χ0v) is 12.2. The van der Waals surface area contributed by atoms with Crippen molar-refractivity contribution in [2.45, 2.75) is 33.3 Å². The Morgan fingerprint density at radius 1 is 1.00 bits per heavy atom. The molecule has 2 nitrogen and oxygen atoms in total. The largest absolute Gasteiger partial charge is 0.490 e. The van der Waals surface area contributed by atoms with E-state index < -0.39 is 0 Å². The van der Waals surface area contributed by atoms with Crippen molar-refractivity contribution in [3.05, 3.63) is 65.2 Å². The second-order valence-electron chi connectivity index (χ2n) is 5.00. The molecule has 0 aromatic heterocycles. The minimum atomic E-state index is 0.0266. The van der Waals surface area contributed by atoms with Crippen LogP contribution in [0.2, 0.25) is 0 Å². The van der Waals surface area contributed by atoms with Crippen molar-refractivity contribution in [1.29, 1.82) is 0 Å². The lowest BCUT2D eigenvalue weighted by Crippen LogP contribution is -2.11. The molecule has 0 aliphatic heterocycles. The van der Waals surface area contributed by atoms with Crippen LogP contribution >= 0.6 is 0 Å². The zero-order valence-electron chi connectivity index (χ0n) is 12.2. The van der Waals surface area contributed by atoms with Gasteiger partial charge in [-0.3, -0.25) is 4.79 Å². The first-order valence-corrected chi connectivity index (χ1v) is 7.01. The molecule has 104 valence electrons. The Morgan fingerprint density at radius 2 is 1.60 bits per heavy atom. The van der Waals surface area contributed by atoms with Gasteiger partial charge in [0.1, 0.15) is 5.75 Å². The first-order valence-electron chi connectivity index (χ1n) is 7.01. The molecule has 0 aliphatic carbocycles. The van der Waals surface area contributed by atoms with Crippen molar-refractivity contribution in [2.24, 2.45) is 0 Å². The van der Waals surface area contributed by atoms with Crippen LogP contribution in [0.3, 0.4) is 0 Å². The van der Waals surface area contributed by atoms with E-state index in [1.54, 1.807) is 0 Å². The van der Waals surface area contributed by atoms with Gasteiger partial charge in [-0.15, -0.1) is 0 Å². The van der Waals surface area contributed by atoms with E-state index in [4.69, 9.17) is 4.74 Å². The molecule has 2 rings (SSSR count). The van der Waals surface area contributed by atoms with Crippen LogP contribution in [-0.2, 0) is 6.42 Å². The van der Waals surface area contributed by atoms with E-state index in [0.29, 0.717) is 11.3 Å². The number of benzene rings is 2. The van der Waals surface area contributed by atoms with Crippen molar-refractivity contribution in [1.82, 2.24) is 0 Å². The monoisotopic (exact) mass is 268 g/mol. The van der Waals surface area contributed by atoms with Crippen molar-refractivity contribution in [3.8, 4) is 5.75 Å². The van der Waals surface area contributed by atoms with E-state index in [1.165, 1.54) is 0 Å². The minimum absolute atomic E-state index is 0.0266. The first kappa shape index (κ1) is 14.3. The highest BCUT2D eigenvalue weighted by molar-refractivity contribution is 6.11. The second kappa shape index (κ2) is 6.38. The van der Waals surface area contributed by atoms with Gasteiger partial charge >= 0.3 is 0 Å². The quantitative estimate of drug-likeness (QED) is 0.757. The maximum absolute atomic E-state index is 12.7. The maximum atomic E-state index is 12.7. The molecule has 2 aromatic carbocycles. The first-order chi connectivity index (χ1) is 9.63. The van der Waals surface area contributed by atoms with Gasteiger partial charge in [-0.05, 0) is 38.0 Å². The fourth-order valence-corrected chi connectivity index (χ4v) is 2.21. The number of aryl methyl sites for hydroxylation is 1. The number of para-hydroxylation sites is 1. The summed E-state index contributed by atoms with van der Waals surface area (Å²) in [6, 6.07) is 15.2. The Labute approximate surface area is 120 Å². The molecule has 0 bridgehead atoms. The summed E-state index contributed by atoms with van der Waals surface area (Å²) in [6.07, 6.45) is 0.889. The SMILES string of the molecule is CCc1ccccc1C(=O)c1ccccc1OC(C)C. The highest BCUT2D eigenvalue weighted by atomic mass is 16.5. The molecular weight excluding hydrogens is 248 g/mol. The predicted molar refractivity (Wildman–Crippen MR) is 81.5 cm³/mol.